The van der Waals surface area contributed by atoms with Gasteiger partial charge in [0.25, 0.3) is 5.91 Å². The molecule has 0 saturated carbocycles. The molecular formula is C22H26BrN3O4. The van der Waals surface area contributed by atoms with Crippen LogP contribution in [0.1, 0.15) is 26.3 Å². The lowest BCUT2D eigenvalue weighted by Crippen LogP contribution is -2.44. The molecule has 160 valence electrons. The predicted molar refractivity (Wildman–Crippen MR) is 121 cm³/mol. The van der Waals surface area contributed by atoms with Crippen LogP contribution in [-0.4, -0.2) is 64.2 Å². The van der Waals surface area contributed by atoms with Gasteiger partial charge in [-0.15, -0.1) is 0 Å². The Morgan fingerprint density at radius 3 is 2.40 bits per heavy atom. The molecule has 1 amide bonds. The number of halogens is 1. The van der Waals surface area contributed by atoms with E-state index in [4.69, 9.17) is 9.47 Å². The van der Waals surface area contributed by atoms with E-state index in [0.717, 1.165) is 41.9 Å². The number of esters is 1. The van der Waals surface area contributed by atoms with Crippen LogP contribution in [0.25, 0.3) is 0 Å². The number of carbonyl (C=O) groups is 2. The molecular weight excluding hydrogens is 450 g/mol. The van der Waals surface area contributed by atoms with E-state index in [1.165, 1.54) is 7.11 Å². The third kappa shape index (κ3) is 4.76. The molecule has 0 radical (unpaired) electrons. The number of hydrogen-bond donors (Lipinski definition) is 1. The van der Waals surface area contributed by atoms with Gasteiger partial charge in [-0.1, -0.05) is 15.9 Å². The van der Waals surface area contributed by atoms with Crippen molar-refractivity contribution in [1.82, 2.24) is 4.90 Å². The number of methoxy groups -OCH3 is 2. The minimum absolute atomic E-state index is 0.311. The summed E-state index contributed by atoms with van der Waals surface area (Å²) in [4.78, 5) is 29.7. The van der Waals surface area contributed by atoms with Gasteiger partial charge in [0.05, 0.1) is 36.7 Å². The Bertz CT molecular complexity index is 956. The van der Waals surface area contributed by atoms with E-state index in [9.17, 15) is 9.59 Å². The summed E-state index contributed by atoms with van der Waals surface area (Å²) in [6, 6.07) is 8.86. The minimum atomic E-state index is -0.452. The SMILES string of the molecule is COC(=O)c1ccc(N2CCN(C)CC2)c(NC(=O)c2cc(Br)cc(C)c2OC)c1. The van der Waals surface area contributed by atoms with Crippen LogP contribution in [0.4, 0.5) is 11.4 Å². The number of hydrogen-bond acceptors (Lipinski definition) is 6. The van der Waals surface area contributed by atoms with Crippen LogP contribution in [0, 0.1) is 6.92 Å². The number of benzene rings is 2. The zero-order valence-electron chi connectivity index (χ0n) is 17.6. The molecule has 0 atom stereocenters. The van der Waals surface area contributed by atoms with Crippen LogP contribution in [0.2, 0.25) is 0 Å². The lowest BCUT2D eigenvalue weighted by molar-refractivity contribution is 0.0600. The van der Waals surface area contributed by atoms with Crippen molar-refractivity contribution >= 4 is 39.2 Å². The Labute approximate surface area is 185 Å². The summed E-state index contributed by atoms with van der Waals surface area (Å²) in [5, 5.41) is 2.98. The fourth-order valence-corrected chi connectivity index (χ4v) is 4.14. The molecule has 2 aromatic carbocycles. The fourth-order valence-electron chi connectivity index (χ4n) is 3.56. The number of piperazine rings is 1. The first-order valence-electron chi connectivity index (χ1n) is 9.65. The average Bonchev–Trinajstić information content (AvgIpc) is 2.73. The summed E-state index contributed by atoms with van der Waals surface area (Å²) in [5.41, 5.74) is 3.07. The van der Waals surface area contributed by atoms with E-state index in [1.807, 2.05) is 19.1 Å². The smallest absolute Gasteiger partial charge is 0.337 e. The highest BCUT2D eigenvalue weighted by Gasteiger charge is 2.22. The maximum absolute atomic E-state index is 13.2. The standard InChI is InChI=1S/C22H26BrN3O4/c1-14-11-16(23)13-17(20(14)29-3)21(27)24-18-12-15(22(28)30-4)5-6-19(18)26-9-7-25(2)8-10-26/h5-6,11-13H,7-10H2,1-4H3,(H,24,27). The van der Waals surface area contributed by atoms with Crippen molar-refractivity contribution < 1.29 is 19.1 Å². The van der Waals surface area contributed by atoms with Crippen LogP contribution in [0.5, 0.6) is 5.75 Å². The van der Waals surface area contributed by atoms with Crippen molar-refractivity contribution in [2.75, 3.05) is 57.7 Å². The van der Waals surface area contributed by atoms with Gasteiger partial charge in [0, 0.05) is 30.7 Å². The summed E-state index contributed by atoms with van der Waals surface area (Å²) in [7, 11) is 4.97. The maximum Gasteiger partial charge on any atom is 0.337 e. The second kappa shape index (κ2) is 9.49. The minimum Gasteiger partial charge on any atom is -0.496 e. The zero-order chi connectivity index (χ0) is 21.8. The molecule has 1 fully saturated rings. The highest BCUT2D eigenvalue weighted by atomic mass is 79.9. The van der Waals surface area contributed by atoms with Crippen molar-refractivity contribution in [3.8, 4) is 5.75 Å². The van der Waals surface area contributed by atoms with Gasteiger partial charge in [0.15, 0.2) is 0 Å². The van der Waals surface area contributed by atoms with Gasteiger partial charge < -0.3 is 24.6 Å². The molecule has 0 aromatic heterocycles. The molecule has 2 aromatic rings. The van der Waals surface area contributed by atoms with Gasteiger partial charge in [0.1, 0.15) is 5.75 Å². The number of amides is 1. The molecule has 0 aliphatic carbocycles. The average molecular weight is 476 g/mol. The van der Waals surface area contributed by atoms with Gasteiger partial charge in [-0.05, 0) is 49.9 Å². The summed E-state index contributed by atoms with van der Waals surface area (Å²) >= 11 is 3.44. The Balaban J connectivity index is 1.99. The maximum atomic E-state index is 13.2. The Kier molecular flexibility index (Phi) is 6.99. The van der Waals surface area contributed by atoms with Crippen LogP contribution in [0.3, 0.4) is 0 Å². The van der Waals surface area contributed by atoms with E-state index in [0.29, 0.717) is 22.6 Å². The quantitative estimate of drug-likeness (QED) is 0.666. The molecule has 0 unspecified atom stereocenters. The topological polar surface area (TPSA) is 71.1 Å². The van der Waals surface area contributed by atoms with E-state index >= 15 is 0 Å². The lowest BCUT2D eigenvalue weighted by atomic mass is 10.1. The van der Waals surface area contributed by atoms with Gasteiger partial charge in [-0.25, -0.2) is 4.79 Å². The summed E-state index contributed by atoms with van der Waals surface area (Å²) < 4.78 is 11.1. The molecule has 7 nitrogen and oxygen atoms in total. The molecule has 1 aliphatic rings. The number of nitrogens with one attached hydrogen (secondary N) is 1. The van der Waals surface area contributed by atoms with Crippen molar-refractivity contribution in [2.24, 2.45) is 0 Å². The van der Waals surface area contributed by atoms with Crippen molar-refractivity contribution in [3.63, 3.8) is 0 Å². The van der Waals surface area contributed by atoms with Crippen LogP contribution in [-0.2, 0) is 4.74 Å². The normalized spacial score (nSPS) is 14.4. The fraction of sp³-hybridized carbons (Fsp3) is 0.364. The van der Waals surface area contributed by atoms with E-state index in [-0.39, 0.29) is 5.91 Å². The number of aryl methyl sites for hydroxylation is 1. The monoisotopic (exact) mass is 475 g/mol. The van der Waals surface area contributed by atoms with Crippen LogP contribution >= 0.6 is 15.9 Å². The number of anilines is 2. The largest absolute Gasteiger partial charge is 0.496 e. The first kappa shape index (κ1) is 22.1. The van der Waals surface area contributed by atoms with Crippen molar-refractivity contribution in [2.45, 2.75) is 6.92 Å². The molecule has 1 heterocycles. The summed E-state index contributed by atoms with van der Waals surface area (Å²) in [6.45, 7) is 5.38. The number of ether oxygens (including phenoxy) is 2. The highest BCUT2D eigenvalue weighted by Crippen LogP contribution is 2.32. The zero-order valence-corrected chi connectivity index (χ0v) is 19.2. The van der Waals surface area contributed by atoms with Gasteiger partial charge in [-0.3, -0.25) is 4.79 Å². The number of carbonyl (C=O) groups excluding carboxylic acids is 2. The number of likely N-dealkylation sites (N-methyl/N-ethyl adjacent to an activating group) is 1. The number of nitrogens with zero attached hydrogens (tertiary/aromatic N) is 2. The van der Waals surface area contributed by atoms with Crippen molar-refractivity contribution in [1.29, 1.82) is 0 Å². The predicted octanol–water partition coefficient (Wildman–Crippen LogP) is 3.56. The van der Waals surface area contributed by atoms with Gasteiger partial charge in [0.2, 0.25) is 0 Å². The summed E-state index contributed by atoms with van der Waals surface area (Å²) in [5.74, 6) is -0.249. The van der Waals surface area contributed by atoms with E-state index in [2.05, 4.69) is 38.1 Å². The first-order chi connectivity index (χ1) is 14.3. The summed E-state index contributed by atoms with van der Waals surface area (Å²) in [6.07, 6.45) is 0. The van der Waals surface area contributed by atoms with Crippen LogP contribution in [0.15, 0.2) is 34.8 Å². The number of rotatable bonds is 5. The third-order valence-electron chi connectivity index (χ3n) is 5.20. The second-order valence-electron chi connectivity index (χ2n) is 7.27. The Morgan fingerprint density at radius 1 is 1.07 bits per heavy atom. The molecule has 1 aliphatic heterocycles. The molecule has 1 saturated heterocycles. The van der Waals surface area contributed by atoms with Crippen molar-refractivity contribution in [3.05, 3.63) is 51.5 Å². The van der Waals surface area contributed by atoms with Crippen LogP contribution < -0.4 is 15.0 Å². The molecule has 3 rings (SSSR count). The van der Waals surface area contributed by atoms with E-state index < -0.39 is 5.97 Å². The third-order valence-corrected chi connectivity index (χ3v) is 5.66. The highest BCUT2D eigenvalue weighted by molar-refractivity contribution is 9.10. The Morgan fingerprint density at radius 2 is 1.77 bits per heavy atom. The molecule has 30 heavy (non-hydrogen) atoms. The second-order valence-corrected chi connectivity index (χ2v) is 8.19. The molecule has 0 bridgehead atoms. The molecule has 1 N–H and O–H groups in total. The first-order valence-corrected chi connectivity index (χ1v) is 10.4. The Hall–Kier alpha value is -2.58. The molecule has 0 spiro atoms. The van der Waals surface area contributed by atoms with E-state index in [1.54, 1.807) is 25.3 Å². The van der Waals surface area contributed by atoms with Gasteiger partial charge >= 0.3 is 5.97 Å². The lowest BCUT2D eigenvalue weighted by Gasteiger charge is -2.35. The van der Waals surface area contributed by atoms with Gasteiger partial charge in [-0.2, -0.15) is 0 Å². The molecule has 8 heteroatoms.